The minimum absolute atomic E-state index is 0.117. The molecule has 0 unspecified atom stereocenters. The molecule has 0 spiro atoms. The first-order valence-corrected chi connectivity index (χ1v) is 5.69. The van der Waals surface area contributed by atoms with Gasteiger partial charge in [-0.1, -0.05) is 5.16 Å². The van der Waals surface area contributed by atoms with Crippen molar-refractivity contribution in [1.29, 1.82) is 0 Å². The van der Waals surface area contributed by atoms with Crippen LogP contribution in [0.2, 0.25) is 0 Å². The second-order valence-electron chi connectivity index (χ2n) is 4.07. The van der Waals surface area contributed by atoms with Gasteiger partial charge in [-0.2, -0.15) is 4.98 Å². The largest absolute Gasteiger partial charge is 0.396 e. The number of carbonyl (C=O) groups excluding carboxylic acids is 1. The molecule has 0 radical (unpaired) electrons. The molecule has 1 aromatic carbocycles. The number of nitrogens with zero attached hydrogens (tertiary/aromatic N) is 3. The molecule has 1 aromatic heterocycles. The van der Waals surface area contributed by atoms with Gasteiger partial charge in [0, 0.05) is 0 Å². The van der Waals surface area contributed by atoms with Gasteiger partial charge < -0.3 is 15.6 Å². The van der Waals surface area contributed by atoms with Crippen LogP contribution in [-0.4, -0.2) is 21.0 Å². The molecule has 0 aliphatic carbocycles. The van der Waals surface area contributed by atoms with Crippen LogP contribution in [0.15, 0.2) is 16.7 Å². The fourth-order valence-electron chi connectivity index (χ4n) is 1.58. The molecule has 0 atom stereocenters. The maximum absolute atomic E-state index is 13.2. The Morgan fingerprint density at radius 2 is 2.29 bits per heavy atom. The zero-order valence-electron chi connectivity index (χ0n) is 10.8. The zero-order chi connectivity index (χ0) is 15.6. The van der Waals surface area contributed by atoms with Gasteiger partial charge in [0.1, 0.15) is 5.56 Å². The smallest absolute Gasteiger partial charge is 0.285 e. The predicted molar refractivity (Wildman–Crippen MR) is 67.7 cm³/mol. The third kappa shape index (κ3) is 3.11. The van der Waals surface area contributed by atoms with Gasteiger partial charge in [-0.15, -0.1) is 0 Å². The first-order valence-electron chi connectivity index (χ1n) is 5.69. The van der Waals surface area contributed by atoms with Crippen molar-refractivity contribution in [2.75, 3.05) is 5.73 Å². The topological polar surface area (TPSA) is 137 Å². The lowest BCUT2D eigenvalue weighted by atomic mass is 10.1. The Balaban J connectivity index is 2.22. The van der Waals surface area contributed by atoms with Gasteiger partial charge in [-0.05, 0) is 13.0 Å². The second-order valence-corrected chi connectivity index (χ2v) is 4.07. The molecule has 0 fully saturated rings. The highest BCUT2D eigenvalue weighted by Crippen LogP contribution is 2.24. The van der Waals surface area contributed by atoms with Crippen molar-refractivity contribution in [2.45, 2.75) is 13.5 Å². The summed E-state index contributed by atoms with van der Waals surface area (Å²) in [5, 5.41) is 16.7. The second kappa shape index (κ2) is 5.53. The number of nitrogens with one attached hydrogen (secondary N) is 1. The van der Waals surface area contributed by atoms with Crippen LogP contribution in [-0.2, 0) is 6.54 Å². The molecule has 0 saturated heterocycles. The van der Waals surface area contributed by atoms with E-state index in [1.165, 1.54) is 0 Å². The normalized spacial score (nSPS) is 10.4. The number of rotatable bonds is 4. The van der Waals surface area contributed by atoms with E-state index in [-0.39, 0.29) is 23.7 Å². The number of nitrogen functional groups attached to an aromatic ring is 1. The monoisotopic (exact) mass is 295 g/mol. The Morgan fingerprint density at radius 1 is 1.57 bits per heavy atom. The number of aromatic nitrogens is 2. The lowest BCUT2D eigenvalue weighted by molar-refractivity contribution is -0.385. The number of hydrogen-bond donors (Lipinski definition) is 2. The van der Waals surface area contributed by atoms with E-state index in [0.717, 1.165) is 6.07 Å². The van der Waals surface area contributed by atoms with Crippen LogP contribution in [0.4, 0.5) is 15.8 Å². The summed E-state index contributed by atoms with van der Waals surface area (Å²) >= 11 is 0. The van der Waals surface area contributed by atoms with E-state index in [1.807, 2.05) is 0 Å². The molecule has 0 saturated carbocycles. The Morgan fingerprint density at radius 3 is 2.86 bits per heavy atom. The molecule has 1 heterocycles. The van der Waals surface area contributed by atoms with Crippen LogP contribution in [0, 0.1) is 22.9 Å². The first kappa shape index (κ1) is 14.4. The highest BCUT2D eigenvalue weighted by Gasteiger charge is 2.23. The molecule has 2 rings (SSSR count). The molecule has 110 valence electrons. The number of benzene rings is 1. The number of carbonyl (C=O) groups is 1. The van der Waals surface area contributed by atoms with Crippen molar-refractivity contribution < 1.29 is 18.6 Å². The van der Waals surface area contributed by atoms with Gasteiger partial charge in [0.25, 0.3) is 11.6 Å². The van der Waals surface area contributed by atoms with Crippen molar-refractivity contribution in [3.8, 4) is 0 Å². The van der Waals surface area contributed by atoms with E-state index in [1.54, 1.807) is 6.92 Å². The average Bonchev–Trinajstić information content (AvgIpc) is 2.84. The van der Waals surface area contributed by atoms with E-state index < -0.39 is 22.3 Å². The maximum Gasteiger partial charge on any atom is 0.285 e. The molecular formula is C11H10FN5O4. The minimum Gasteiger partial charge on any atom is -0.396 e. The minimum atomic E-state index is -0.967. The van der Waals surface area contributed by atoms with Gasteiger partial charge in [-0.25, -0.2) is 4.39 Å². The average molecular weight is 295 g/mol. The molecule has 1 amide bonds. The van der Waals surface area contributed by atoms with Gasteiger partial charge in [0.15, 0.2) is 11.6 Å². The third-order valence-corrected chi connectivity index (χ3v) is 2.53. The van der Waals surface area contributed by atoms with Crippen LogP contribution in [0.3, 0.4) is 0 Å². The zero-order valence-corrected chi connectivity index (χ0v) is 10.8. The van der Waals surface area contributed by atoms with Crippen LogP contribution in [0.25, 0.3) is 0 Å². The van der Waals surface area contributed by atoms with Gasteiger partial charge in [0.05, 0.1) is 23.2 Å². The predicted octanol–water partition coefficient (Wildman–Crippen LogP) is 0.938. The highest BCUT2D eigenvalue weighted by molar-refractivity contribution is 5.99. The molecule has 9 nitrogen and oxygen atoms in total. The van der Waals surface area contributed by atoms with Crippen molar-refractivity contribution in [2.24, 2.45) is 0 Å². The quantitative estimate of drug-likeness (QED) is 0.486. The fraction of sp³-hybridized carbons (Fsp3) is 0.182. The summed E-state index contributed by atoms with van der Waals surface area (Å²) in [6.07, 6.45) is 0. The molecular weight excluding hydrogens is 285 g/mol. The number of aryl methyl sites for hydroxylation is 1. The first-order chi connectivity index (χ1) is 9.88. The number of halogens is 1. The van der Waals surface area contributed by atoms with Crippen LogP contribution < -0.4 is 11.1 Å². The van der Waals surface area contributed by atoms with Crippen LogP contribution >= 0.6 is 0 Å². The molecule has 10 heteroatoms. The number of amides is 1. The summed E-state index contributed by atoms with van der Waals surface area (Å²) in [4.78, 5) is 25.8. The molecule has 3 N–H and O–H groups in total. The fourth-order valence-corrected chi connectivity index (χ4v) is 1.58. The van der Waals surface area contributed by atoms with Crippen LogP contribution in [0.1, 0.15) is 22.1 Å². The highest BCUT2D eigenvalue weighted by atomic mass is 19.1. The third-order valence-electron chi connectivity index (χ3n) is 2.53. The lowest BCUT2D eigenvalue weighted by Gasteiger charge is -2.05. The van der Waals surface area contributed by atoms with Crippen molar-refractivity contribution in [3.63, 3.8) is 0 Å². The van der Waals surface area contributed by atoms with Gasteiger partial charge in [0.2, 0.25) is 5.89 Å². The maximum atomic E-state index is 13.2. The summed E-state index contributed by atoms with van der Waals surface area (Å²) in [7, 11) is 0. The van der Waals surface area contributed by atoms with Gasteiger partial charge in [-0.3, -0.25) is 14.9 Å². The summed E-state index contributed by atoms with van der Waals surface area (Å²) in [6, 6.07) is 1.50. The molecule has 2 aromatic rings. The number of nitro groups is 1. The van der Waals surface area contributed by atoms with E-state index in [4.69, 9.17) is 10.3 Å². The number of nitrogens with two attached hydrogens (primary N) is 1. The van der Waals surface area contributed by atoms with E-state index in [9.17, 15) is 19.3 Å². The number of anilines is 1. The Kier molecular flexibility index (Phi) is 3.78. The lowest BCUT2D eigenvalue weighted by Crippen LogP contribution is -2.24. The number of hydrogen-bond acceptors (Lipinski definition) is 7. The summed E-state index contributed by atoms with van der Waals surface area (Å²) in [6.45, 7) is 1.48. The molecule has 0 bridgehead atoms. The van der Waals surface area contributed by atoms with Crippen molar-refractivity contribution >= 4 is 17.3 Å². The number of nitro benzene ring substituents is 1. The van der Waals surface area contributed by atoms with Crippen molar-refractivity contribution in [3.05, 3.63) is 45.3 Å². The summed E-state index contributed by atoms with van der Waals surface area (Å²) in [5.41, 5.74) is 3.93. The Bertz CT molecular complexity index is 715. The molecule has 0 aliphatic rings. The SMILES string of the molecule is Cc1noc(CNC(=O)c2cc(N)c(F)cc2[N+](=O)[O-])n1. The molecule has 21 heavy (non-hydrogen) atoms. The van der Waals surface area contributed by atoms with E-state index in [0.29, 0.717) is 11.9 Å². The van der Waals surface area contributed by atoms with Gasteiger partial charge >= 0.3 is 0 Å². The summed E-state index contributed by atoms with van der Waals surface area (Å²) < 4.78 is 18.0. The molecule has 0 aliphatic heterocycles. The van der Waals surface area contributed by atoms with Crippen LogP contribution in [0.5, 0.6) is 0 Å². The van der Waals surface area contributed by atoms with E-state index >= 15 is 0 Å². The Labute approximate surface area is 117 Å². The van der Waals surface area contributed by atoms with E-state index in [2.05, 4.69) is 15.5 Å². The standard InChI is InChI=1S/C11H10FN5O4/c1-5-15-10(21-16-5)4-14-11(18)6-2-8(13)7(12)3-9(6)17(19)20/h2-3H,4,13H2,1H3,(H,14,18). The Hall–Kier alpha value is -3.04. The summed E-state index contributed by atoms with van der Waals surface area (Å²) in [5.74, 6) is -1.25. The van der Waals surface area contributed by atoms with Crippen molar-refractivity contribution in [1.82, 2.24) is 15.5 Å².